The van der Waals surface area contributed by atoms with E-state index in [4.69, 9.17) is 0 Å². The second-order valence-corrected chi connectivity index (χ2v) is 8.23. The molecule has 1 unspecified atom stereocenters. The van der Waals surface area contributed by atoms with Crippen molar-refractivity contribution >= 4 is 40.7 Å². The molecule has 3 heterocycles. The Balaban J connectivity index is 1.62. The van der Waals surface area contributed by atoms with E-state index in [0.717, 1.165) is 17.0 Å². The van der Waals surface area contributed by atoms with Crippen LogP contribution in [0.2, 0.25) is 0 Å². The van der Waals surface area contributed by atoms with Crippen molar-refractivity contribution in [3.63, 3.8) is 0 Å². The van der Waals surface area contributed by atoms with Crippen LogP contribution in [0.3, 0.4) is 0 Å². The molecule has 4 nitrogen and oxygen atoms in total. The summed E-state index contributed by atoms with van der Waals surface area (Å²) in [6, 6.07) is 7.03. The molecule has 0 fully saturated rings. The second-order valence-electron chi connectivity index (χ2n) is 6.18. The largest absolute Gasteiger partial charge is 0.501 e. The van der Waals surface area contributed by atoms with Gasteiger partial charge in [0.1, 0.15) is 18.8 Å². The molecule has 2 aliphatic heterocycles. The number of allylic oxidation sites excluding steroid dienone is 1. The van der Waals surface area contributed by atoms with Gasteiger partial charge in [0.15, 0.2) is 16.9 Å². The molecule has 0 N–H and O–H groups in total. The molecule has 0 bridgehead atoms. The number of carbonyl (C=O) groups is 2. The van der Waals surface area contributed by atoms with Gasteiger partial charge in [0, 0.05) is 11.3 Å². The van der Waals surface area contributed by atoms with Crippen molar-refractivity contribution < 1.29 is 22.9 Å². The van der Waals surface area contributed by atoms with E-state index >= 15 is 0 Å². The molecule has 1 aromatic carbocycles. The van der Waals surface area contributed by atoms with Crippen molar-refractivity contribution in [2.24, 2.45) is 0 Å². The van der Waals surface area contributed by atoms with E-state index < -0.39 is 22.9 Å². The van der Waals surface area contributed by atoms with Gasteiger partial charge in [-0.05, 0) is 40.6 Å². The molecule has 4 rings (SSSR count). The monoisotopic (exact) mass is 405 g/mol. The number of thioether (sulfide) groups is 1. The number of benzene rings is 1. The van der Waals surface area contributed by atoms with Crippen molar-refractivity contribution in [1.82, 2.24) is 4.90 Å². The first-order valence-electron chi connectivity index (χ1n) is 8.32. The molecule has 2 aromatic rings. The first-order chi connectivity index (χ1) is 13.0. The van der Waals surface area contributed by atoms with Crippen LogP contribution in [0, 0.1) is 11.6 Å². The maximum absolute atomic E-state index is 13.5. The molecule has 1 aromatic heterocycles. The fraction of sp³-hybridized carbons (Fsp3) is 0.211. The number of rotatable bonds is 5. The van der Waals surface area contributed by atoms with Crippen LogP contribution >= 0.6 is 23.1 Å². The van der Waals surface area contributed by atoms with Gasteiger partial charge >= 0.3 is 11.9 Å². The molecule has 8 heteroatoms. The highest BCUT2D eigenvalue weighted by molar-refractivity contribution is 8.04. The zero-order valence-electron chi connectivity index (χ0n) is 14.1. The average Bonchev–Trinajstić information content (AvgIpc) is 3.33. The Morgan fingerprint density at radius 1 is 1.15 bits per heavy atom. The molecule has 0 saturated carbocycles. The van der Waals surface area contributed by atoms with Gasteiger partial charge in [0.2, 0.25) is 0 Å². The van der Waals surface area contributed by atoms with E-state index in [1.807, 2.05) is 17.5 Å². The van der Waals surface area contributed by atoms with E-state index in [1.54, 1.807) is 22.8 Å². The number of imide groups is 1. The Bertz CT molecular complexity index is 970. The van der Waals surface area contributed by atoms with Crippen molar-refractivity contribution in [2.75, 3.05) is 6.54 Å². The first kappa shape index (κ1) is 18.1. The number of hydrogen-bond acceptors (Lipinski definition) is 4. The molecular formula is C19H15F2N2O2S2+. The third kappa shape index (κ3) is 3.46. The number of hydrogen-bond donors (Lipinski definition) is 0. The maximum atomic E-state index is 13.5. The van der Waals surface area contributed by atoms with E-state index in [1.165, 1.54) is 27.3 Å². The summed E-state index contributed by atoms with van der Waals surface area (Å²) >= 11 is 2.93. The van der Waals surface area contributed by atoms with Crippen LogP contribution in [-0.2, 0) is 17.8 Å². The molecule has 1 atom stereocenters. The van der Waals surface area contributed by atoms with Gasteiger partial charge in [-0.25, -0.2) is 13.6 Å². The molecule has 0 radical (unpaired) electrons. The molecule has 0 spiro atoms. The number of carbonyl (C=O) groups excluding carboxylic acids is 2. The highest BCUT2D eigenvalue weighted by Gasteiger charge is 2.48. The van der Waals surface area contributed by atoms with Gasteiger partial charge < -0.3 is 0 Å². The second kappa shape index (κ2) is 7.36. The van der Waals surface area contributed by atoms with Crippen LogP contribution in [0.5, 0.6) is 0 Å². The number of amides is 3. The topological polar surface area (TPSA) is 40.4 Å². The minimum atomic E-state index is -0.958. The highest BCUT2D eigenvalue weighted by Crippen LogP contribution is 2.29. The Morgan fingerprint density at radius 2 is 2.00 bits per heavy atom. The van der Waals surface area contributed by atoms with Gasteiger partial charge in [-0.2, -0.15) is 14.3 Å². The first-order valence-corrected chi connectivity index (χ1v) is 10.1. The Hall–Kier alpha value is -2.32. The fourth-order valence-electron chi connectivity index (χ4n) is 3.11. The van der Waals surface area contributed by atoms with E-state index in [-0.39, 0.29) is 19.0 Å². The molecule has 3 amide bonds. The summed E-state index contributed by atoms with van der Waals surface area (Å²) in [5, 5.41) is 3.26. The van der Waals surface area contributed by atoms with Crippen molar-refractivity contribution in [2.45, 2.75) is 18.2 Å². The fourth-order valence-corrected chi connectivity index (χ4v) is 4.78. The number of fused-ring (bicyclic) bond motifs is 1. The lowest BCUT2D eigenvalue weighted by Crippen LogP contribution is -2.55. The smallest absolute Gasteiger partial charge is 0.245 e. The van der Waals surface area contributed by atoms with Crippen LogP contribution in [0.1, 0.15) is 10.4 Å². The zero-order chi connectivity index (χ0) is 19.0. The standard InChI is InChI=1S/C19H15F2N2O2S2/c20-14-4-3-12(10-15(14)21)11-23-16-6-9-27-17(16)18(24)22(19(23)25)7-5-13-2-1-8-26-13/h1-4,6,8-10,17H,5,7,11H2/q+1. The Labute approximate surface area is 162 Å². The van der Waals surface area contributed by atoms with Gasteiger partial charge in [-0.15, -0.1) is 23.1 Å². The van der Waals surface area contributed by atoms with Crippen LogP contribution in [0.4, 0.5) is 13.6 Å². The molecular weight excluding hydrogens is 390 g/mol. The molecule has 27 heavy (non-hydrogen) atoms. The van der Waals surface area contributed by atoms with E-state index in [9.17, 15) is 18.4 Å². The van der Waals surface area contributed by atoms with E-state index in [2.05, 4.69) is 0 Å². The molecule has 0 saturated heterocycles. The molecule has 0 aliphatic carbocycles. The SMILES string of the molecule is O=C1C2SC=CC2=[N+](Cc2ccc(F)c(F)c2)C(=O)N1CCc1cccs1. The number of nitrogens with zero attached hydrogens (tertiary/aromatic N) is 2. The normalized spacial score (nSPS) is 19.2. The lowest BCUT2D eigenvalue weighted by atomic mass is 10.1. The van der Waals surface area contributed by atoms with Crippen LogP contribution in [-0.4, -0.2) is 38.9 Å². The van der Waals surface area contributed by atoms with E-state index in [0.29, 0.717) is 17.7 Å². The predicted molar refractivity (Wildman–Crippen MR) is 101 cm³/mol. The summed E-state index contributed by atoms with van der Waals surface area (Å²) in [5.41, 5.74) is 1.05. The highest BCUT2D eigenvalue weighted by atomic mass is 32.2. The summed E-state index contributed by atoms with van der Waals surface area (Å²) in [7, 11) is 0. The minimum absolute atomic E-state index is 0.0789. The van der Waals surface area contributed by atoms with Crippen molar-refractivity contribution in [3.05, 3.63) is 69.3 Å². The van der Waals surface area contributed by atoms with Crippen molar-refractivity contribution in [3.8, 4) is 0 Å². The summed E-state index contributed by atoms with van der Waals surface area (Å²) in [5.74, 6) is -2.12. The Morgan fingerprint density at radius 3 is 2.74 bits per heavy atom. The van der Waals surface area contributed by atoms with Crippen LogP contribution in [0.25, 0.3) is 0 Å². The predicted octanol–water partition coefficient (Wildman–Crippen LogP) is 3.81. The summed E-state index contributed by atoms with van der Waals surface area (Å²) < 4.78 is 28.2. The third-order valence-corrected chi connectivity index (χ3v) is 6.42. The van der Waals surface area contributed by atoms with Gasteiger partial charge in [0.25, 0.3) is 0 Å². The Kier molecular flexibility index (Phi) is 4.92. The van der Waals surface area contributed by atoms with Gasteiger partial charge in [-0.1, -0.05) is 12.1 Å². The van der Waals surface area contributed by atoms with Crippen LogP contribution in [0.15, 0.2) is 47.2 Å². The van der Waals surface area contributed by atoms with Crippen LogP contribution < -0.4 is 0 Å². The van der Waals surface area contributed by atoms with Crippen molar-refractivity contribution in [1.29, 1.82) is 0 Å². The number of halogens is 2. The number of thiophene rings is 1. The third-order valence-electron chi connectivity index (χ3n) is 4.47. The quantitative estimate of drug-likeness (QED) is 0.711. The summed E-state index contributed by atoms with van der Waals surface area (Å²) in [6.45, 7) is 0.367. The minimum Gasteiger partial charge on any atom is -0.245 e. The number of urea groups is 1. The van der Waals surface area contributed by atoms with Gasteiger partial charge in [-0.3, -0.25) is 0 Å². The maximum Gasteiger partial charge on any atom is 0.501 e. The average molecular weight is 405 g/mol. The zero-order valence-corrected chi connectivity index (χ0v) is 15.7. The summed E-state index contributed by atoms with van der Waals surface area (Å²) in [4.78, 5) is 28.1. The lowest BCUT2D eigenvalue weighted by Gasteiger charge is -2.24. The molecule has 138 valence electrons. The molecule has 2 aliphatic rings. The lowest BCUT2D eigenvalue weighted by molar-refractivity contribution is -0.454. The van der Waals surface area contributed by atoms with Gasteiger partial charge in [0.05, 0.1) is 0 Å². The summed E-state index contributed by atoms with van der Waals surface area (Å²) in [6.07, 6.45) is 2.33.